The molecule has 7 nitrogen and oxygen atoms in total. The fourth-order valence-corrected chi connectivity index (χ4v) is 2.61. The molecule has 1 aliphatic carbocycles. The van der Waals surface area contributed by atoms with Gasteiger partial charge in [-0.3, -0.25) is 4.68 Å². The van der Waals surface area contributed by atoms with Gasteiger partial charge >= 0.3 is 0 Å². The van der Waals surface area contributed by atoms with E-state index in [0.29, 0.717) is 29.4 Å². The first-order valence-corrected chi connectivity index (χ1v) is 6.77. The van der Waals surface area contributed by atoms with Gasteiger partial charge in [0.25, 0.3) is 0 Å². The zero-order valence-corrected chi connectivity index (χ0v) is 11.4. The molecule has 3 rings (SSSR count). The Labute approximate surface area is 117 Å². The van der Waals surface area contributed by atoms with E-state index in [0.717, 1.165) is 25.8 Å². The average Bonchev–Trinajstić information content (AvgIpc) is 3.09. The van der Waals surface area contributed by atoms with Crippen molar-refractivity contribution in [3.05, 3.63) is 18.5 Å². The minimum absolute atomic E-state index is 0.338. The van der Waals surface area contributed by atoms with Crippen LogP contribution in [0.2, 0.25) is 0 Å². The fraction of sp³-hybridized carbons (Fsp3) is 0.538. The summed E-state index contributed by atoms with van der Waals surface area (Å²) in [5.74, 6) is 1.64. The van der Waals surface area contributed by atoms with Crippen molar-refractivity contribution in [2.45, 2.75) is 31.8 Å². The number of rotatable bonds is 4. The third-order valence-corrected chi connectivity index (χ3v) is 3.63. The standard InChI is InChI=1S/C13H18N6O/c1-20-12-4-5-15-13(16-12)11-8-19(18-17-11)7-9-2-3-10(14)6-9/h4-5,8-10H,2-3,6-7,14H2,1H3/t9-,10+/m1/s1. The van der Waals surface area contributed by atoms with Crippen molar-refractivity contribution >= 4 is 0 Å². The molecule has 20 heavy (non-hydrogen) atoms. The van der Waals surface area contributed by atoms with Crippen LogP contribution in [-0.4, -0.2) is 38.1 Å². The highest BCUT2D eigenvalue weighted by atomic mass is 16.5. The van der Waals surface area contributed by atoms with Gasteiger partial charge in [0.05, 0.1) is 13.3 Å². The van der Waals surface area contributed by atoms with Crippen LogP contribution in [0, 0.1) is 5.92 Å². The van der Waals surface area contributed by atoms with Crippen LogP contribution in [0.15, 0.2) is 18.5 Å². The minimum Gasteiger partial charge on any atom is -0.481 e. The van der Waals surface area contributed by atoms with E-state index in [2.05, 4.69) is 20.3 Å². The van der Waals surface area contributed by atoms with Gasteiger partial charge in [0, 0.05) is 24.8 Å². The largest absolute Gasteiger partial charge is 0.481 e. The van der Waals surface area contributed by atoms with Gasteiger partial charge in [0.1, 0.15) is 5.69 Å². The molecule has 7 heteroatoms. The second kappa shape index (κ2) is 5.54. The van der Waals surface area contributed by atoms with Crippen LogP contribution < -0.4 is 10.5 Å². The number of aromatic nitrogens is 5. The van der Waals surface area contributed by atoms with Crippen LogP contribution in [0.1, 0.15) is 19.3 Å². The molecule has 0 aromatic carbocycles. The average molecular weight is 274 g/mol. The number of nitrogens with zero attached hydrogens (tertiary/aromatic N) is 5. The molecule has 1 aliphatic rings. The summed E-state index contributed by atoms with van der Waals surface area (Å²) >= 11 is 0. The van der Waals surface area contributed by atoms with Crippen molar-refractivity contribution in [3.8, 4) is 17.4 Å². The summed E-state index contributed by atoms with van der Waals surface area (Å²) in [5, 5.41) is 8.27. The maximum atomic E-state index is 5.93. The lowest BCUT2D eigenvalue weighted by atomic mass is 10.1. The van der Waals surface area contributed by atoms with Crippen molar-refractivity contribution < 1.29 is 4.74 Å². The minimum atomic E-state index is 0.338. The van der Waals surface area contributed by atoms with Crippen LogP contribution >= 0.6 is 0 Å². The van der Waals surface area contributed by atoms with E-state index < -0.39 is 0 Å². The zero-order chi connectivity index (χ0) is 13.9. The molecule has 0 amide bonds. The Bertz CT molecular complexity index is 584. The topological polar surface area (TPSA) is 91.7 Å². The van der Waals surface area contributed by atoms with Crippen LogP contribution in [0.3, 0.4) is 0 Å². The third-order valence-electron chi connectivity index (χ3n) is 3.63. The summed E-state index contributed by atoms with van der Waals surface area (Å²) in [6.07, 6.45) is 6.84. The Morgan fingerprint density at radius 1 is 1.45 bits per heavy atom. The monoisotopic (exact) mass is 274 g/mol. The Morgan fingerprint density at radius 3 is 3.10 bits per heavy atom. The molecule has 0 spiro atoms. The highest BCUT2D eigenvalue weighted by Crippen LogP contribution is 2.25. The van der Waals surface area contributed by atoms with Crippen LogP contribution in [0.5, 0.6) is 5.88 Å². The van der Waals surface area contributed by atoms with E-state index in [1.54, 1.807) is 19.4 Å². The lowest BCUT2D eigenvalue weighted by Gasteiger charge is -2.07. The molecule has 0 radical (unpaired) electrons. The highest BCUT2D eigenvalue weighted by Gasteiger charge is 2.22. The normalized spacial score (nSPS) is 22.1. The van der Waals surface area contributed by atoms with Gasteiger partial charge in [0.2, 0.25) is 5.88 Å². The van der Waals surface area contributed by atoms with Gasteiger partial charge in [-0.15, -0.1) is 5.10 Å². The molecule has 2 aromatic rings. The van der Waals surface area contributed by atoms with Gasteiger partial charge in [-0.2, -0.15) is 4.98 Å². The fourth-order valence-electron chi connectivity index (χ4n) is 2.61. The highest BCUT2D eigenvalue weighted by molar-refractivity contribution is 5.46. The molecular formula is C13H18N6O. The summed E-state index contributed by atoms with van der Waals surface area (Å²) < 4.78 is 6.93. The second-order valence-corrected chi connectivity index (χ2v) is 5.19. The predicted octanol–water partition coefficient (Wildman–Crippen LogP) is 0.871. The molecule has 2 aromatic heterocycles. The molecule has 0 unspecified atom stereocenters. The molecule has 2 N–H and O–H groups in total. The predicted molar refractivity (Wildman–Crippen MR) is 72.9 cm³/mol. The summed E-state index contributed by atoms with van der Waals surface area (Å²) in [6.45, 7) is 0.852. The lowest BCUT2D eigenvalue weighted by Crippen LogP contribution is -2.16. The smallest absolute Gasteiger partial charge is 0.216 e. The number of hydrogen-bond donors (Lipinski definition) is 1. The van der Waals surface area contributed by atoms with Crippen LogP contribution in [0.4, 0.5) is 0 Å². The molecule has 1 fully saturated rings. The Hall–Kier alpha value is -2.02. The van der Waals surface area contributed by atoms with E-state index in [-0.39, 0.29) is 0 Å². The van der Waals surface area contributed by atoms with Crippen molar-refractivity contribution in [2.24, 2.45) is 11.7 Å². The van der Waals surface area contributed by atoms with Crippen molar-refractivity contribution in [1.82, 2.24) is 25.0 Å². The lowest BCUT2D eigenvalue weighted by molar-refractivity contribution is 0.397. The maximum Gasteiger partial charge on any atom is 0.216 e. The SMILES string of the molecule is COc1ccnc(-c2cn(C[C@@H]3CC[C@H](N)C3)nn2)n1. The van der Waals surface area contributed by atoms with Crippen molar-refractivity contribution in [2.75, 3.05) is 7.11 Å². The number of ether oxygens (including phenoxy) is 1. The van der Waals surface area contributed by atoms with E-state index in [4.69, 9.17) is 10.5 Å². The summed E-state index contributed by atoms with van der Waals surface area (Å²) in [4.78, 5) is 8.44. The number of methoxy groups -OCH3 is 1. The van der Waals surface area contributed by atoms with Gasteiger partial charge in [-0.05, 0) is 25.2 Å². The quantitative estimate of drug-likeness (QED) is 0.889. The summed E-state index contributed by atoms with van der Waals surface area (Å²) in [6, 6.07) is 2.04. The Morgan fingerprint density at radius 2 is 2.35 bits per heavy atom. The first kappa shape index (κ1) is 13.0. The Kier molecular flexibility index (Phi) is 3.60. The van der Waals surface area contributed by atoms with Crippen LogP contribution in [0.25, 0.3) is 11.5 Å². The first-order chi connectivity index (χ1) is 9.74. The molecule has 0 saturated heterocycles. The van der Waals surface area contributed by atoms with Crippen molar-refractivity contribution in [1.29, 1.82) is 0 Å². The van der Waals surface area contributed by atoms with Crippen LogP contribution in [-0.2, 0) is 6.54 Å². The molecule has 2 heterocycles. The van der Waals surface area contributed by atoms with Gasteiger partial charge in [0.15, 0.2) is 5.82 Å². The van der Waals surface area contributed by atoms with Crippen molar-refractivity contribution in [3.63, 3.8) is 0 Å². The van der Waals surface area contributed by atoms with Gasteiger partial charge < -0.3 is 10.5 Å². The van der Waals surface area contributed by atoms with Gasteiger partial charge in [-0.25, -0.2) is 4.98 Å². The maximum absolute atomic E-state index is 5.93. The van der Waals surface area contributed by atoms with E-state index in [9.17, 15) is 0 Å². The number of hydrogen-bond acceptors (Lipinski definition) is 6. The zero-order valence-electron chi connectivity index (χ0n) is 11.4. The van der Waals surface area contributed by atoms with E-state index in [1.165, 1.54) is 0 Å². The molecule has 0 aliphatic heterocycles. The molecule has 2 atom stereocenters. The molecule has 106 valence electrons. The Balaban J connectivity index is 1.72. The third kappa shape index (κ3) is 2.77. The van der Waals surface area contributed by atoms with Gasteiger partial charge in [-0.1, -0.05) is 5.21 Å². The van der Waals surface area contributed by atoms with E-state index >= 15 is 0 Å². The molecule has 1 saturated carbocycles. The van der Waals surface area contributed by atoms with E-state index in [1.807, 2.05) is 10.9 Å². The number of nitrogens with two attached hydrogens (primary N) is 1. The molecule has 0 bridgehead atoms. The molecular weight excluding hydrogens is 256 g/mol. The first-order valence-electron chi connectivity index (χ1n) is 6.77. The second-order valence-electron chi connectivity index (χ2n) is 5.19. The summed E-state index contributed by atoms with van der Waals surface area (Å²) in [5.41, 5.74) is 6.59. The summed E-state index contributed by atoms with van der Waals surface area (Å²) in [7, 11) is 1.58.